The molecule has 16 nitrogen and oxygen atoms in total. The van der Waals surface area contributed by atoms with Gasteiger partial charge in [0, 0.05) is 51.7 Å². The fourth-order valence-corrected chi connectivity index (χ4v) is 6.17. The Hall–Kier alpha value is -6.84. The van der Waals surface area contributed by atoms with Crippen molar-refractivity contribution in [2.75, 3.05) is 55.9 Å². The lowest BCUT2D eigenvalue weighted by Gasteiger charge is -2.24. The molecule has 0 aliphatic rings. The summed E-state index contributed by atoms with van der Waals surface area (Å²) in [6.07, 6.45) is -1.46. The topological polar surface area (TPSA) is 179 Å². The number of benzene rings is 4. The zero-order chi connectivity index (χ0) is 43.9. The fourth-order valence-electron chi connectivity index (χ4n) is 6.17. The van der Waals surface area contributed by atoms with Crippen molar-refractivity contribution in [2.24, 2.45) is 0 Å². The van der Waals surface area contributed by atoms with E-state index >= 15 is 0 Å². The Bertz CT molecular complexity index is 1950. The lowest BCUT2D eigenvalue weighted by molar-refractivity contribution is -0.144. The Morgan fingerprint density at radius 2 is 0.750 bits per heavy atom. The number of rotatable bonds is 21. The maximum Gasteiger partial charge on any atom is 0.308 e. The van der Waals surface area contributed by atoms with Crippen LogP contribution in [0, 0.1) is 0 Å². The lowest BCUT2D eigenvalue weighted by Crippen LogP contribution is -2.27. The normalized spacial score (nSPS) is 11.6. The van der Waals surface area contributed by atoms with Gasteiger partial charge in [-0.05, 0) is 59.7 Å². The Morgan fingerprint density at radius 3 is 1.02 bits per heavy atom. The molecule has 2 unspecified atom stereocenters. The Balaban J connectivity index is 1.94. The van der Waals surface area contributed by atoms with Gasteiger partial charge in [0.25, 0.3) is 0 Å². The molecule has 60 heavy (non-hydrogen) atoms. The molecule has 4 aromatic carbocycles. The third kappa shape index (κ3) is 12.1. The van der Waals surface area contributed by atoms with Crippen LogP contribution in [0.2, 0.25) is 0 Å². The van der Waals surface area contributed by atoms with Crippen molar-refractivity contribution < 1.29 is 76.0 Å². The number of hydrogen-bond donors (Lipinski definition) is 0. The summed E-state index contributed by atoms with van der Waals surface area (Å²) in [5, 5.41) is 0. The van der Waals surface area contributed by atoms with Gasteiger partial charge >= 0.3 is 23.9 Å². The van der Waals surface area contributed by atoms with E-state index in [2.05, 4.69) is 0 Å². The van der Waals surface area contributed by atoms with Gasteiger partial charge in [-0.25, -0.2) is 0 Å². The second-order valence-electron chi connectivity index (χ2n) is 13.0. The van der Waals surface area contributed by atoms with Crippen LogP contribution in [-0.2, 0) is 41.5 Å². The van der Waals surface area contributed by atoms with Crippen molar-refractivity contribution in [2.45, 2.75) is 52.7 Å². The highest BCUT2D eigenvalue weighted by molar-refractivity contribution is 5.86. The molecule has 0 spiro atoms. The van der Waals surface area contributed by atoms with Crippen LogP contribution in [0.5, 0.6) is 57.5 Å². The SMILES string of the molecule is COc1cccc(OC)c1OC(COC(C)=O)Cc1cc(OC)c(OC(C)=O)c(-c2cc(CC(COC(C)=O)Oc3c(OC)cccc3OC)cc(OC)c2OC(C)=O)c1. The highest BCUT2D eigenvalue weighted by Crippen LogP contribution is 2.48. The summed E-state index contributed by atoms with van der Waals surface area (Å²) in [5.74, 6) is -0.0886. The van der Waals surface area contributed by atoms with Crippen molar-refractivity contribution in [1.82, 2.24) is 0 Å². The minimum atomic E-state index is -0.823. The molecular formula is C44H50O16. The second kappa shape index (κ2) is 21.8. The number of hydrogen-bond acceptors (Lipinski definition) is 16. The molecule has 0 saturated carbocycles. The van der Waals surface area contributed by atoms with Gasteiger partial charge in [0.15, 0.2) is 46.0 Å². The maximum atomic E-state index is 12.6. The average molecular weight is 835 g/mol. The lowest BCUT2D eigenvalue weighted by atomic mass is 9.94. The molecule has 0 aliphatic heterocycles. The molecule has 16 heteroatoms. The van der Waals surface area contributed by atoms with Crippen molar-refractivity contribution >= 4 is 23.9 Å². The molecule has 4 aromatic rings. The van der Waals surface area contributed by atoms with E-state index in [1.807, 2.05) is 0 Å². The zero-order valence-electron chi connectivity index (χ0n) is 35.3. The molecule has 0 aromatic heterocycles. The van der Waals surface area contributed by atoms with Crippen LogP contribution < -0.4 is 47.4 Å². The molecule has 0 saturated heterocycles. The molecule has 0 amide bonds. The summed E-state index contributed by atoms with van der Waals surface area (Å²) < 4.78 is 68.9. The molecule has 0 radical (unpaired) electrons. The van der Waals surface area contributed by atoms with E-state index in [4.69, 9.17) is 56.8 Å². The van der Waals surface area contributed by atoms with Gasteiger partial charge in [-0.15, -0.1) is 0 Å². The molecule has 4 rings (SSSR count). The van der Waals surface area contributed by atoms with E-state index < -0.39 is 36.1 Å². The van der Waals surface area contributed by atoms with Gasteiger partial charge in [0.2, 0.25) is 11.5 Å². The van der Waals surface area contributed by atoms with E-state index in [9.17, 15) is 19.2 Å². The highest BCUT2D eigenvalue weighted by atomic mass is 16.6. The summed E-state index contributed by atoms with van der Waals surface area (Å²) in [6.45, 7) is 4.66. The third-order valence-corrected chi connectivity index (χ3v) is 8.66. The van der Waals surface area contributed by atoms with Crippen molar-refractivity contribution in [3.05, 3.63) is 71.8 Å². The van der Waals surface area contributed by atoms with E-state index in [0.717, 1.165) is 0 Å². The first-order valence-corrected chi connectivity index (χ1v) is 18.6. The predicted octanol–water partition coefficient (Wildman–Crippen LogP) is 6.36. The first kappa shape index (κ1) is 45.9. The van der Waals surface area contributed by atoms with Crippen LogP contribution >= 0.6 is 0 Å². The second-order valence-corrected chi connectivity index (χ2v) is 13.0. The summed E-state index contributed by atoms with van der Waals surface area (Å²) in [6, 6.07) is 16.9. The monoisotopic (exact) mass is 834 g/mol. The van der Waals surface area contributed by atoms with Gasteiger partial charge in [-0.3, -0.25) is 19.2 Å². The standard InChI is InChI=1S/C44H50O16/c1-25(45)55-23-31(59-43-35(49-5)13-11-14-36(43)50-6)17-29-19-33(41(57-27(3)47)39(21-29)53-9)34-20-30(22-40(54-10)42(34)58-28(4)48)18-32(24-56-26(2)46)60-44-37(51-7)15-12-16-38(44)52-8/h11-16,19-22,31-32H,17-18,23-24H2,1-10H3. The molecule has 0 fully saturated rings. The Labute approximate surface area is 348 Å². The minimum Gasteiger partial charge on any atom is -0.493 e. The Kier molecular flexibility index (Phi) is 16.7. The van der Waals surface area contributed by atoms with Crippen LogP contribution in [0.1, 0.15) is 38.8 Å². The van der Waals surface area contributed by atoms with Gasteiger partial charge in [-0.1, -0.05) is 12.1 Å². The largest absolute Gasteiger partial charge is 0.493 e. The number of carbonyl (C=O) groups is 4. The fraction of sp³-hybridized carbons (Fsp3) is 0.364. The quantitative estimate of drug-likeness (QED) is 0.0668. The van der Waals surface area contributed by atoms with Crippen LogP contribution in [0.25, 0.3) is 11.1 Å². The first-order chi connectivity index (χ1) is 28.7. The van der Waals surface area contributed by atoms with Gasteiger partial charge < -0.3 is 56.8 Å². The molecular weight excluding hydrogens is 784 g/mol. The molecule has 0 N–H and O–H groups in total. The van der Waals surface area contributed by atoms with E-state index in [-0.39, 0.29) is 71.7 Å². The van der Waals surface area contributed by atoms with Crippen LogP contribution in [0.4, 0.5) is 0 Å². The zero-order valence-corrected chi connectivity index (χ0v) is 35.3. The molecule has 2 atom stereocenters. The molecule has 0 heterocycles. The number of ether oxygens (including phenoxy) is 12. The summed E-state index contributed by atoms with van der Waals surface area (Å²) >= 11 is 0. The first-order valence-electron chi connectivity index (χ1n) is 18.6. The van der Waals surface area contributed by atoms with Gasteiger partial charge in [0.05, 0.1) is 42.7 Å². The highest BCUT2D eigenvalue weighted by Gasteiger charge is 2.28. The number of para-hydroxylation sites is 2. The molecule has 322 valence electrons. The molecule has 0 aliphatic carbocycles. The summed E-state index contributed by atoms with van der Waals surface area (Å²) in [5.41, 5.74) is 1.62. The maximum absolute atomic E-state index is 12.6. The van der Waals surface area contributed by atoms with E-state index in [0.29, 0.717) is 34.1 Å². The van der Waals surface area contributed by atoms with E-state index in [1.165, 1.54) is 70.4 Å². The van der Waals surface area contributed by atoms with Crippen LogP contribution in [-0.4, -0.2) is 92.0 Å². The number of carbonyl (C=O) groups excluding carboxylic acids is 4. The smallest absolute Gasteiger partial charge is 0.308 e. The minimum absolute atomic E-state index is 0.00308. The van der Waals surface area contributed by atoms with Gasteiger partial charge in [0.1, 0.15) is 25.4 Å². The van der Waals surface area contributed by atoms with Crippen LogP contribution in [0.15, 0.2) is 60.7 Å². The van der Waals surface area contributed by atoms with Crippen LogP contribution in [0.3, 0.4) is 0 Å². The van der Waals surface area contributed by atoms with Crippen molar-refractivity contribution in [1.29, 1.82) is 0 Å². The summed E-state index contributed by atoms with van der Waals surface area (Å²) in [4.78, 5) is 49.3. The number of esters is 4. The van der Waals surface area contributed by atoms with E-state index in [1.54, 1.807) is 60.7 Å². The average Bonchev–Trinajstić information content (AvgIpc) is 3.22. The molecule has 0 bridgehead atoms. The van der Waals surface area contributed by atoms with Crippen molar-refractivity contribution in [3.8, 4) is 68.6 Å². The Morgan fingerprint density at radius 1 is 0.433 bits per heavy atom. The van der Waals surface area contributed by atoms with Gasteiger partial charge in [-0.2, -0.15) is 0 Å². The van der Waals surface area contributed by atoms with Crippen molar-refractivity contribution in [3.63, 3.8) is 0 Å². The summed E-state index contributed by atoms with van der Waals surface area (Å²) in [7, 11) is 8.73. The predicted molar refractivity (Wildman–Crippen MR) is 216 cm³/mol. The number of methoxy groups -OCH3 is 6. The third-order valence-electron chi connectivity index (χ3n) is 8.66.